The number of rotatable bonds is 8. The van der Waals surface area contributed by atoms with Gasteiger partial charge in [0.15, 0.2) is 5.69 Å². The average molecular weight is 569 g/mol. The molecule has 0 spiro atoms. The summed E-state index contributed by atoms with van der Waals surface area (Å²) in [6.07, 6.45) is -4.99. The van der Waals surface area contributed by atoms with E-state index in [1.807, 2.05) is 0 Å². The minimum atomic E-state index is -5.04. The first-order valence-corrected chi connectivity index (χ1v) is 11.3. The highest BCUT2D eigenvalue weighted by atomic mass is 35.5. The number of esters is 1. The normalized spacial score (nSPS) is 18.1. The second kappa shape index (κ2) is 9.86. The van der Waals surface area contributed by atoms with Gasteiger partial charge < -0.3 is 14.2 Å². The molecule has 9 nitrogen and oxygen atoms in total. The van der Waals surface area contributed by atoms with Crippen molar-refractivity contribution in [3.63, 3.8) is 0 Å². The van der Waals surface area contributed by atoms with Crippen LogP contribution in [-0.4, -0.2) is 40.7 Å². The summed E-state index contributed by atoms with van der Waals surface area (Å²) in [6, 6.07) is 3.25. The Morgan fingerprint density at radius 1 is 1.22 bits per heavy atom. The fourth-order valence-electron chi connectivity index (χ4n) is 3.23. The summed E-state index contributed by atoms with van der Waals surface area (Å²) in [5, 5.41) is 15.0. The Hall–Kier alpha value is -3.31. The quantitative estimate of drug-likeness (QED) is 0.325. The van der Waals surface area contributed by atoms with Crippen molar-refractivity contribution in [2.24, 2.45) is 11.8 Å². The lowest BCUT2D eigenvalue weighted by Crippen LogP contribution is -2.20. The van der Waals surface area contributed by atoms with Crippen molar-refractivity contribution in [1.82, 2.24) is 9.78 Å². The summed E-state index contributed by atoms with van der Waals surface area (Å²) in [5.74, 6) is -6.96. The number of hydrogen-bond acceptors (Lipinski definition) is 7. The second-order valence-electron chi connectivity index (χ2n) is 8.27. The maximum absolute atomic E-state index is 13.2. The van der Waals surface area contributed by atoms with Crippen LogP contribution in [-0.2, 0) is 20.9 Å². The van der Waals surface area contributed by atoms with E-state index in [0.29, 0.717) is 0 Å². The molecule has 0 bridgehead atoms. The summed E-state index contributed by atoms with van der Waals surface area (Å²) in [6.45, 7) is -0.659. The number of benzene rings is 1. The number of aromatic nitrogens is 2. The smallest absolute Gasteiger partial charge is 0.460 e. The monoisotopic (exact) mass is 568 g/mol. The molecular weight excluding hydrogens is 554 g/mol. The maximum atomic E-state index is 13.2. The van der Waals surface area contributed by atoms with E-state index in [1.165, 1.54) is 0 Å². The van der Waals surface area contributed by atoms with E-state index in [4.69, 9.17) is 32.7 Å². The zero-order valence-corrected chi connectivity index (χ0v) is 19.9. The molecule has 0 radical (unpaired) electrons. The Labute approximate surface area is 215 Å². The lowest BCUT2D eigenvalue weighted by atomic mass is 10.2. The van der Waals surface area contributed by atoms with Gasteiger partial charge in [0.05, 0.1) is 22.2 Å². The van der Waals surface area contributed by atoms with Crippen molar-refractivity contribution in [2.75, 3.05) is 11.9 Å². The molecule has 0 saturated heterocycles. The van der Waals surface area contributed by atoms with Crippen LogP contribution in [0.25, 0.3) is 5.69 Å². The first kappa shape index (κ1) is 26.7. The number of alkyl halides is 5. The van der Waals surface area contributed by atoms with Crippen LogP contribution in [0, 0.1) is 23.2 Å². The minimum Gasteiger partial charge on any atom is -0.460 e. The lowest BCUT2D eigenvalue weighted by molar-refractivity contribution is -0.274. The third-order valence-corrected chi connectivity index (χ3v) is 5.94. The van der Waals surface area contributed by atoms with Crippen molar-refractivity contribution in [3.8, 4) is 17.5 Å². The molecule has 198 valence electrons. The predicted molar refractivity (Wildman–Crippen MR) is 116 cm³/mol. The third-order valence-electron chi connectivity index (χ3n) is 5.36. The molecule has 2 fully saturated rings. The number of nitrogens with one attached hydrogen (secondary N) is 1. The van der Waals surface area contributed by atoms with Gasteiger partial charge in [0.25, 0.3) is 5.92 Å². The van der Waals surface area contributed by atoms with E-state index in [2.05, 4.69) is 15.2 Å². The Morgan fingerprint density at radius 2 is 1.84 bits per heavy atom. The molecule has 2 saturated carbocycles. The number of ether oxygens (including phenoxy) is 3. The highest BCUT2D eigenvalue weighted by Crippen LogP contribution is 2.49. The van der Waals surface area contributed by atoms with E-state index < -0.39 is 64.8 Å². The van der Waals surface area contributed by atoms with Gasteiger partial charge in [-0.2, -0.15) is 10.4 Å². The Bertz CT molecular complexity index is 1270. The molecule has 1 unspecified atom stereocenters. The largest absolute Gasteiger partial charge is 0.573 e. The molecule has 1 heterocycles. The zero-order chi connectivity index (χ0) is 27.1. The topological polar surface area (TPSA) is 115 Å². The van der Waals surface area contributed by atoms with Crippen LogP contribution in [0.2, 0.25) is 10.0 Å². The number of nitrogens with zero attached hydrogens (tertiary/aromatic N) is 3. The number of amides is 1. The number of carbonyl (C=O) groups excluding carboxylic acids is 2. The molecule has 37 heavy (non-hydrogen) atoms. The van der Waals surface area contributed by atoms with Crippen LogP contribution in [0.3, 0.4) is 0 Å². The van der Waals surface area contributed by atoms with Crippen LogP contribution in [0.5, 0.6) is 5.75 Å². The second-order valence-corrected chi connectivity index (χ2v) is 9.09. The number of carbonyl (C=O) groups is 2. The summed E-state index contributed by atoms with van der Waals surface area (Å²) >= 11 is 12.3. The van der Waals surface area contributed by atoms with E-state index in [1.54, 1.807) is 6.07 Å². The minimum absolute atomic E-state index is 0.0944. The fourth-order valence-corrected chi connectivity index (χ4v) is 3.86. The lowest BCUT2D eigenvalue weighted by Gasteiger charge is -2.15. The van der Waals surface area contributed by atoms with E-state index in [9.17, 15) is 36.8 Å². The predicted octanol–water partition coefficient (Wildman–Crippen LogP) is 5.61. The van der Waals surface area contributed by atoms with Crippen LogP contribution in [0.1, 0.15) is 30.5 Å². The summed E-state index contributed by atoms with van der Waals surface area (Å²) in [7, 11) is 0. The van der Waals surface area contributed by atoms with Gasteiger partial charge in [0, 0.05) is 18.6 Å². The molecule has 2 aromatic rings. The number of hydrogen-bond donors (Lipinski definition) is 1. The summed E-state index contributed by atoms with van der Waals surface area (Å²) < 4.78 is 79.0. The summed E-state index contributed by atoms with van der Waals surface area (Å²) in [5.41, 5.74) is -0.903. The maximum Gasteiger partial charge on any atom is 0.573 e. The molecule has 2 aliphatic carbocycles. The first-order valence-electron chi connectivity index (χ1n) is 10.5. The van der Waals surface area contributed by atoms with Gasteiger partial charge >= 0.3 is 18.4 Å². The molecule has 1 aromatic heterocycles. The molecule has 1 atom stereocenters. The molecule has 1 N–H and O–H groups in total. The fraction of sp³-hybridized carbons (Fsp3) is 0.429. The number of halogens is 7. The van der Waals surface area contributed by atoms with Gasteiger partial charge in [0.2, 0.25) is 0 Å². The Morgan fingerprint density at radius 3 is 2.35 bits per heavy atom. The van der Waals surface area contributed by atoms with Gasteiger partial charge in [-0.1, -0.05) is 23.2 Å². The zero-order valence-electron chi connectivity index (χ0n) is 18.4. The number of anilines is 1. The van der Waals surface area contributed by atoms with Gasteiger partial charge in [-0.15, -0.1) is 13.2 Å². The highest BCUT2D eigenvalue weighted by Gasteiger charge is 2.62. The van der Waals surface area contributed by atoms with Crippen molar-refractivity contribution in [2.45, 2.75) is 38.2 Å². The first-order chi connectivity index (χ1) is 17.3. The molecule has 0 aliphatic heterocycles. The molecule has 1 aromatic carbocycles. The molecule has 4 rings (SSSR count). The van der Waals surface area contributed by atoms with Gasteiger partial charge in [-0.3, -0.25) is 10.1 Å². The van der Waals surface area contributed by atoms with E-state index in [-0.39, 0.29) is 29.6 Å². The standard InChI is InChI=1S/C21H15Cl2F5N4O5/c22-13-3-10(37-21(26,27)28)4-14(23)16(13)32-17(30-19(34)36-7-9-1-2-9)11(15(6-29)31-32)8-35-18(33)12-5-20(12,24)25/h3-4,9,12H,1-2,5,7-8H2,(H,30,34). The van der Waals surface area contributed by atoms with Crippen molar-refractivity contribution in [3.05, 3.63) is 33.4 Å². The van der Waals surface area contributed by atoms with Crippen LogP contribution < -0.4 is 10.1 Å². The highest BCUT2D eigenvalue weighted by molar-refractivity contribution is 6.38. The van der Waals surface area contributed by atoms with Gasteiger partial charge in [0.1, 0.15) is 35.8 Å². The van der Waals surface area contributed by atoms with Crippen LogP contribution in [0.4, 0.5) is 32.6 Å². The number of nitriles is 1. The Kier molecular flexibility index (Phi) is 7.13. The molecule has 16 heteroatoms. The third kappa shape index (κ3) is 6.34. The van der Waals surface area contributed by atoms with Crippen molar-refractivity contribution in [1.29, 1.82) is 5.26 Å². The van der Waals surface area contributed by atoms with E-state index >= 15 is 0 Å². The van der Waals surface area contributed by atoms with E-state index in [0.717, 1.165) is 29.7 Å². The summed E-state index contributed by atoms with van der Waals surface area (Å²) in [4.78, 5) is 24.4. The average Bonchev–Trinajstić information content (AvgIpc) is 3.68. The van der Waals surface area contributed by atoms with Gasteiger partial charge in [-0.05, 0) is 18.8 Å². The molecule has 1 amide bonds. The van der Waals surface area contributed by atoms with Gasteiger partial charge in [-0.25, -0.2) is 18.3 Å². The van der Waals surface area contributed by atoms with Crippen molar-refractivity contribution >= 4 is 41.1 Å². The van der Waals surface area contributed by atoms with Crippen molar-refractivity contribution < 1.29 is 45.8 Å². The van der Waals surface area contributed by atoms with Crippen LogP contribution >= 0.6 is 23.2 Å². The molecular formula is C21H15Cl2F5N4O5. The SMILES string of the molecule is N#Cc1nn(-c2c(Cl)cc(OC(F)(F)F)cc2Cl)c(NC(=O)OCC2CC2)c1COC(=O)C1CC1(F)F. The Balaban J connectivity index is 1.69. The molecule has 2 aliphatic rings. The van der Waals surface area contributed by atoms with Crippen LogP contribution in [0.15, 0.2) is 12.1 Å².